The molecule has 1 N–H and O–H groups in total. The first-order valence-corrected chi connectivity index (χ1v) is 9.86. The largest absolute Gasteiger partial charge is 0.326 e. The Morgan fingerprint density at radius 1 is 1.12 bits per heavy atom. The number of amides is 1. The number of benzene rings is 2. The predicted octanol–water partition coefficient (Wildman–Crippen LogP) is 3.50. The molecule has 3 rings (SSSR count). The normalized spacial score (nSPS) is 19.3. The lowest BCUT2D eigenvalue weighted by molar-refractivity contribution is -0.117. The minimum atomic E-state index is -3.64. The number of carbonyl (C=O) groups is 1. The van der Waals surface area contributed by atoms with Crippen molar-refractivity contribution < 1.29 is 13.2 Å². The van der Waals surface area contributed by atoms with Crippen molar-refractivity contribution in [3.05, 3.63) is 54.6 Å². The van der Waals surface area contributed by atoms with Gasteiger partial charge in [-0.2, -0.15) is 0 Å². The number of nitrogens with zero attached hydrogens (tertiary/aromatic N) is 1. The molecule has 1 saturated carbocycles. The third kappa shape index (κ3) is 3.69. The van der Waals surface area contributed by atoms with Gasteiger partial charge in [0.25, 0.3) is 10.0 Å². The summed E-state index contributed by atoms with van der Waals surface area (Å²) >= 11 is 0. The molecule has 1 aliphatic rings. The van der Waals surface area contributed by atoms with Crippen LogP contribution in [0.2, 0.25) is 0 Å². The monoisotopic (exact) mass is 358 g/mol. The van der Waals surface area contributed by atoms with Gasteiger partial charge in [0.15, 0.2) is 0 Å². The van der Waals surface area contributed by atoms with E-state index < -0.39 is 10.0 Å². The Kier molecular flexibility index (Phi) is 4.81. The highest BCUT2D eigenvalue weighted by molar-refractivity contribution is 7.92. The van der Waals surface area contributed by atoms with Gasteiger partial charge in [-0.15, -0.1) is 0 Å². The molecule has 0 heterocycles. The Hall–Kier alpha value is -2.34. The maximum absolute atomic E-state index is 12.9. The smallest absolute Gasteiger partial charge is 0.264 e. The molecule has 25 heavy (non-hydrogen) atoms. The fourth-order valence-corrected chi connectivity index (χ4v) is 4.32. The summed E-state index contributed by atoms with van der Waals surface area (Å²) in [6.45, 7) is 4.18. The zero-order chi connectivity index (χ0) is 18.0. The molecule has 0 unspecified atom stereocenters. The van der Waals surface area contributed by atoms with E-state index in [9.17, 15) is 13.2 Å². The SMILES string of the molecule is CCN(c1ccccc1)S(=O)(=O)c1ccc(NC(=O)[C@@H]2C[C@@H]2C)cc1. The summed E-state index contributed by atoms with van der Waals surface area (Å²) in [7, 11) is -3.64. The Morgan fingerprint density at radius 2 is 1.72 bits per heavy atom. The van der Waals surface area contributed by atoms with Gasteiger partial charge in [-0.05, 0) is 55.7 Å². The van der Waals surface area contributed by atoms with Crippen LogP contribution in [0.4, 0.5) is 11.4 Å². The van der Waals surface area contributed by atoms with Crippen LogP contribution in [0.5, 0.6) is 0 Å². The summed E-state index contributed by atoms with van der Waals surface area (Å²) in [6, 6.07) is 15.4. The van der Waals surface area contributed by atoms with Crippen molar-refractivity contribution >= 4 is 27.3 Å². The van der Waals surface area contributed by atoms with Crippen LogP contribution < -0.4 is 9.62 Å². The van der Waals surface area contributed by atoms with E-state index in [4.69, 9.17) is 0 Å². The number of rotatable bonds is 6. The molecule has 0 saturated heterocycles. The van der Waals surface area contributed by atoms with Crippen LogP contribution in [-0.4, -0.2) is 20.9 Å². The number of anilines is 2. The van der Waals surface area contributed by atoms with Crippen LogP contribution in [-0.2, 0) is 14.8 Å². The van der Waals surface area contributed by atoms with E-state index >= 15 is 0 Å². The average Bonchev–Trinajstić information content (AvgIpc) is 3.34. The van der Waals surface area contributed by atoms with E-state index in [1.807, 2.05) is 25.1 Å². The molecule has 1 fully saturated rings. The average molecular weight is 358 g/mol. The highest BCUT2D eigenvalue weighted by Gasteiger charge is 2.39. The van der Waals surface area contributed by atoms with Crippen LogP contribution in [0.25, 0.3) is 0 Å². The van der Waals surface area contributed by atoms with E-state index in [0.29, 0.717) is 23.8 Å². The molecule has 0 radical (unpaired) electrons. The Labute approximate surface area is 148 Å². The second-order valence-electron chi connectivity index (χ2n) is 6.34. The molecule has 2 aromatic rings. The Bertz CT molecular complexity index is 848. The van der Waals surface area contributed by atoms with Crippen molar-refractivity contribution in [2.24, 2.45) is 11.8 Å². The first-order valence-electron chi connectivity index (χ1n) is 8.42. The van der Waals surface area contributed by atoms with Crippen molar-refractivity contribution in [1.82, 2.24) is 0 Å². The fraction of sp³-hybridized carbons (Fsp3) is 0.316. The molecule has 132 valence electrons. The summed E-state index contributed by atoms with van der Waals surface area (Å²) in [4.78, 5) is 12.2. The van der Waals surface area contributed by atoms with Gasteiger partial charge in [0, 0.05) is 18.2 Å². The van der Waals surface area contributed by atoms with Crippen molar-refractivity contribution in [3.8, 4) is 0 Å². The van der Waals surface area contributed by atoms with Gasteiger partial charge in [0.1, 0.15) is 0 Å². The summed E-state index contributed by atoms with van der Waals surface area (Å²) in [5.74, 6) is 0.517. The van der Waals surface area contributed by atoms with Gasteiger partial charge in [-0.25, -0.2) is 8.42 Å². The van der Waals surface area contributed by atoms with Gasteiger partial charge < -0.3 is 5.32 Å². The number of hydrogen-bond acceptors (Lipinski definition) is 3. The lowest BCUT2D eigenvalue weighted by atomic mass is 10.3. The maximum atomic E-state index is 12.9. The molecule has 2 atom stereocenters. The van der Waals surface area contributed by atoms with Gasteiger partial charge >= 0.3 is 0 Å². The number of carbonyl (C=O) groups excluding carboxylic acids is 1. The van der Waals surface area contributed by atoms with Crippen LogP contribution in [0.3, 0.4) is 0 Å². The standard InChI is InChI=1S/C19H22N2O3S/c1-3-21(16-7-5-4-6-8-16)25(23,24)17-11-9-15(10-12-17)20-19(22)18-13-14(18)2/h4-12,14,18H,3,13H2,1-2H3,(H,20,22)/t14-,18+/m0/s1. The topological polar surface area (TPSA) is 66.5 Å². The molecule has 1 amide bonds. The number of nitrogens with one attached hydrogen (secondary N) is 1. The van der Waals surface area contributed by atoms with Gasteiger partial charge in [-0.1, -0.05) is 25.1 Å². The van der Waals surface area contributed by atoms with Crippen LogP contribution in [0.15, 0.2) is 59.5 Å². The molecule has 5 nitrogen and oxygen atoms in total. The zero-order valence-electron chi connectivity index (χ0n) is 14.3. The first kappa shape index (κ1) is 17.5. The van der Waals surface area contributed by atoms with Gasteiger partial charge in [0.05, 0.1) is 10.6 Å². The third-order valence-corrected chi connectivity index (χ3v) is 6.40. The van der Waals surface area contributed by atoms with Crippen LogP contribution in [0, 0.1) is 11.8 Å². The number of sulfonamides is 1. The quantitative estimate of drug-likeness (QED) is 0.859. The highest BCUT2D eigenvalue weighted by Crippen LogP contribution is 2.38. The van der Waals surface area contributed by atoms with Crippen molar-refractivity contribution in [2.75, 3.05) is 16.2 Å². The molecule has 2 aromatic carbocycles. The third-order valence-electron chi connectivity index (χ3n) is 4.49. The molecular formula is C19H22N2O3S. The van der Waals surface area contributed by atoms with E-state index in [1.54, 1.807) is 31.2 Å². The second-order valence-corrected chi connectivity index (χ2v) is 8.20. The van der Waals surface area contributed by atoms with Crippen molar-refractivity contribution in [3.63, 3.8) is 0 Å². The lowest BCUT2D eigenvalue weighted by Gasteiger charge is -2.23. The minimum absolute atomic E-state index is 0.00239. The fourth-order valence-electron chi connectivity index (χ4n) is 2.85. The van der Waals surface area contributed by atoms with E-state index in [2.05, 4.69) is 5.32 Å². The summed E-state index contributed by atoms with van der Waals surface area (Å²) < 4.78 is 27.2. The molecular weight excluding hydrogens is 336 g/mol. The summed E-state index contributed by atoms with van der Waals surface area (Å²) in [5.41, 5.74) is 1.25. The van der Waals surface area contributed by atoms with Crippen molar-refractivity contribution in [1.29, 1.82) is 0 Å². The second kappa shape index (κ2) is 6.88. The number of para-hydroxylation sites is 1. The Morgan fingerprint density at radius 3 is 2.24 bits per heavy atom. The molecule has 0 bridgehead atoms. The number of hydrogen-bond donors (Lipinski definition) is 1. The molecule has 0 aliphatic heterocycles. The van der Waals surface area contributed by atoms with E-state index in [1.165, 1.54) is 16.4 Å². The van der Waals surface area contributed by atoms with Gasteiger partial charge in [-0.3, -0.25) is 9.10 Å². The maximum Gasteiger partial charge on any atom is 0.264 e. The predicted molar refractivity (Wildman–Crippen MR) is 99.0 cm³/mol. The zero-order valence-corrected chi connectivity index (χ0v) is 15.2. The minimum Gasteiger partial charge on any atom is -0.326 e. The highest BCUT2D eigenvalue weighted by atomic mass is 32.2. The molecule has 6 heteroatoms. The molecule has 0 aromatic heterocycles. The summed E-state index contributed by atoms with van der Waals surface area (Å²) in [6.07, 6.45) is 0.917. The molecule has 0 spiro atoms. The van der Waals surface area contributed by atoms with E-state index in [0.717, 1.165) is 6.42 Å². The van der Waals surface area contributed by atoms with Crippen molar-refractivity contribution in [2.45, 2.75) is 25.2 Å². The van der Waals surface area contributed by atoms with E-state index in [-0.39, 0.29) is 16.7 Å². The lowest BCUT2D eigenvalue weighted by Crippen LogP contribution is -2.30. The Balaban J connectivity index is 1.79. The summed E-state index contributed by atoms with van der Waals surface area (Å²) in [5, 5.41) is 2.84. The van der Waals surface area contributed by atoms with Crippen LogP contribution >= 0.6 is 0 Å². The first-order chi connectivity index (χ1) is 11.9. The van der Waals surface area contributed by atoms with Gasteiger partial charge in [0.2, 0.25) is 5.91 Å². The van der Waals surface area contributed by atoms with Crippen LogP contribution in [0.1, 0.15) is 20.3 Å². The molecule has 1 aliphatic carbocycles.